The Morgan fingerprint density at radius 2 is 1.33 bits per heavy atom. The molecule has 0 aliphatic heterocycles. The van der Waals surface area contributed by atoms with Crippen LogP contribution in [0.3, 0.4) is 0 Å². The van der Waals surface area contributed by atoms with Crippen LogP contribution in [0.2, 0.25) is 0 Å². The summed E-state index contributed by atoms with van der Waals surface area (Å²) in [6, 6.07) is -2.15. The first-order chi connectivity index (χ1) is 20.1. The van der Waals surface area contributed by atoms with Crippen LogP contribution in [0.1, 0.15) is 38.7 Å². The summed E-state index contributed by atoms with van der Waals surface area (Å²) in [5.74, 6) is -8.53. The molecule has 5 amide bonds. The van der Waals surface area contributed by atoms with Crippen LogP contribution in [0.5, 0.6) is 5.75 Å². The van der Waals surface area contributed by atoms with Crippen molar-refractivity contribution in [3.63, 3.8) is 0 Å². The van der Waals surface area contributed by atoms with Gasteiger partial charge in [0, 0.05) is 6.42 Å². The van der Waals surface area contributed by atoms with E-state index >= 15 is 0 Å². The third kappa shape index (κ3) is 12.3. The Balaban J connectivity index is 3.05. The van der Waals surface area contributed by atoms with Crippen molar-refractivity contribution in [2.75, 3.05) is 6.61 Å². The molecule has 0 unspecified atom stereocenters. The number of aliphatic hydroxyl groups excluding tert-OH is 1. The van der Waals surface area contributed by atoms with E-state index in [9.17, 15) is 48.9 Å². The highest BCUT2D eigenvalue weighted by molar-refractivity contribution is 5.97. The quantitative estimate of drug-likeness (QED) is 0.0781. The molecule has 17 nitrogen and oxygen atoms in total. The number of carbonyl (C=O) groups is 7. The average Bonchev–Trinajstić information content (AvgIpc) is 2.93. The van der Waals surface area contributed by atoms with Gasteiger partial charge in [0.2, 0.25) is 29.5 Å². The molecule has 0 bridgehead atoms. The summed E-state index contributed by atoms with van der Waals surface area (Å²) in [4.78, 5) is 85.5. The lowest BCUT2D eigenvalue weighted by molar-refractivity contribution is -0.142. The van der Waals surface area contributed by atoms with Gasteiger partial charge in [0.1, 0.15) is 29.9 Å². The monoisotopic (exact) mass is 610 g/mol. The molecule has 6 atom stereocenters. The molecule has 0 fully saturated rings. The molecule has 1 aromatic carbocycles. The molecule has 43 heavy (non-hydrogen) atoms. The first kappa shape index (κ1) is 36.3. The number of hydrogen-bond donors (Lipinski definition) is 10. The highest BCUT2D eigenvalue weighted by Gasteiger charge is 2.34. The van der Waals surface area contributed by atoms with Crippen molar-refractivity contribution in [2.45, 2.75) is 69.7 Å². The van der Waals surface area contributed by atoms with Crippen molar-refractivity contribution in [2.24, 2.45) is 17.4 Å². The van der Waals surface area contributed by atoms with E-state index in [1.54, 1.807) is 13.8 Å². The number of phenols is 1. The average molecular weight is 611 g/mol. The van der Waals surface area contributed by atoms with Crippen LogP contribution < -0.4 is 32.7 Å². The Morgan fingerprint density at radius 3 is 1.81 bits per heavy atom. The van der Waals surface area contributed by atoms with E-state index in [0.717, 1.165) is 0 Å². The van der Waals surface area contributed by atoms with Crippen LogP contribution >= 0.6 is 0 Å². The standard InChI is InChI=1S/C26H38N6O11/c1-3-12(2)21(32-22(38)15(27)9-20(36)37)25(41)29-16(10-19(28)35)23(39)31-18(11-33)24(40)30-17(26(42)43)8-13-4-6-14(34)7-5-13/h4-7,12,15-18,21,33-34H,3,8-11,27H2,1-2H3,(H2,28,35)(H,29,41)(H,30,40)(H,31,39)(H,32,38)(H,36,37)(H,42,43)/t12-,15-,16-,17-,18-,21-/m0/s1. The highest BCUT2D eigenvalue weighted by Crippen LogP contribution is 2.12. The number of phenolic OH excluding ortho intramolecular Hbond substituents is 1. The number of benzene rings is 1. The second-order valence-electron chi connectivity index (χ2n) is 9.82. The third-order valence-corrected chi connectivity index (χ3v) is 6.37. The van der Waals surface area contributed by atoms with Crippen LogP contribution in [-0.2, 0) is 40.0 Å². The summed E-state index contributed by atoms with van der Waals surface area (Å²) < 4.78 is 0. The largest absolute Gasteiger partial charge is 0.508 e. The fourth-order valence-corrected chi connectivity index (χ4v) is 3.72. The van der Waals surface area contributed by atoms with Gasteiger partial charge in [-0.3, -0.25) is 28.8 Å². The Kier molecular flexibility index (Phi) is 14.5. The molecular formula is C26H38N6O11. The SMILES string of the molecule is CC[C@H](C)[C@H](NC(=O)[C@@H](N)CC(=O)O)C(=O)N[C@@H](CC(N)=O)C(=O)N[C@@H](CO)C(=O)N[C@@H](Cc1ccc(O)cc1)C(=O)O. The van der Waals surface area contributed by atoms with E-state index in [1.165, 1.54) is 24.3 Å². The molecule has 1 rings (SSSR count). The number of nitrogens with two attached hydrogens (primary N) is 2. The molecule has 0 saturated carbocycles. The Bertz CT molecular complexity index is 1180. The Morgan fingerprint density at radius 1 is 0.791 bits per heavy atom. The van der Waals surface area contributed by atoms with Crippen LogP contribution in [0, 0.1) is 5.92 Å². The predicted octanol–water partition coefficient (Wildman–Crippen LogP) is -3.33. The zero-order chi connectivity index (χ0) is 32.9. The zero-order valence-corrected chi connectivity index (χ0v) is 23.6. The molecule has 0 spiro atoms. The minimum absolute atomic E-state index is 0.0556. The topological polar surface area (TPSA) is 301 Å². The van der Waals surface area contributed by atoms with E-state index in [0.29, 0.717) is 12.0 Å². The summed E-state index contributed by atoms with van der Waals surface area (Å²) in [5.41, 5.74) is 11.2. The zero-order valence-electron chi connectivity index (χ0n) is 23.6. The van der Waals surface area contributed by atoms with E-state index in [4.69, 9.17) is 16.6 Å². The minimum Gasteiger partial charge on any atom is -0.508 e. The number of carbonyl (C=O) groups excluding carboxylic acids is 5. The number of aliphatic carboxylic acids is 2. The number of aromatic hydroxyl groups is 1. The van der Waals surface area contributed by atoms with Crippen molar-refractivity contribution < 1.29 is 54.0 Å². The van der Waals surface area contributed by atoms with Crippen molar-refractivity contribution >= 4 is 41.5 Å². The van der Waals surface area contributed by atoms with E-state index in [1.807, 2.05) is 0 Å². The van der Waals surface area contributed by atoms with Gasteiger partial charge in [0.15, 0.2) is 0 Å². The summed E-state index contributed by atoms with van der Waals surface area (Å²) in [7, 11) is 0. The van der Waals surface area contributed by atoms with Crippen molar-refractivity contribution in [3.05, 3.63) is 29.8 Å². The fourth-order valence-electron chi connectivity index (χ4n) is 3.72. The molecular weight excluding hydrogens is 572 g/mol. The Labute approximate surface area is 246 Å². The second kappa shape index (κ2) is 17.2. The number of amides is 5. The smallest absolute Gasteiger partial charge is 0.326 e. The van der Waals surface area contributed by atoms with Gasteiger partial charge in [-0.1, -0.05) is 32.4 Å². The van der Waals surface area contributed by atoms with Crippen LogP contribution in [0.4, 0.5) is 0 Å². The van der Waals surface area contributed by atoms with Gasteiger partial charge < -0.3 is 53.2 Å². The summed E-state index contributed by atoms with van der Waals surface area (Å²) in [6.07, 6.45) is -1.32. The number of primary amides is 1. The number of nitrogens with one attached hydrogen (secondary N) is 4. The first-order valence-electron chi connectivity index (χ1n) is 13.2. The first-order valence-corrected chi connectivity index (χ1v) is 13.2. The number of rotatable bonds is 18. The van der Waals surface area contributed by atoms with Gasteiger partial charge in [-0.2, -0.15) is 0 Å². The second-order valence-corrected chi connectivity index (χ2v) is 9.82. The molecule has 0 heterocycles. The number of carboxylic acid groups (broad SMARTS) is 2. The lowest BCUT2D eigenvalue weighted by Gasteiger charge is -2.27. The van der Waals surface area contributed by atoms with Crippen LogP contribution in [-0.4, -0.2) is 98.7 Å². The summed E-state index contributed by atoms with van der Waals surface area (Å²) in [5, 5.41) is 46.5. The van der Waals surface area contributed by atoms with Crippen molar-refractivity contribution in [3.8, 4) is 5.75 Å². The van der Waals surface area contributed by atoms with Gasteiger partial charge in [-0.15, -0.1) is 0 Å². The Hall–Kier alpha value is -4.77. The molecule has 0 aliphatic carbocycles. The molecule has 238 valence electrons. The number of aliphatic hydroxyl groups is 1. The van der Waals surface area contributed by atoms with Gasteiger partial charge in [0.25, 0.3) is 0 Å². The maximum absolute atomic E-state index is 13.1. The van der Waals surface area contributed by atoms with Crippen LogP contribution in [0.15, 0.2) is 24.3 Å². The predicted molar refractivity (Wildman–Crippen MR) is 148 cm³/mol. The molecule has 12 N–H and O–H groups in total. The maximum atomic E-state index is 13.1. The molecule has 0 aliphatic rings. The number of hydrogen-bond acceptors (Lipinski definition) is 10. The van der Waals surface area contributed by atoms with Gasteiger partial charge in [0.05, 0.1) is 25.5 Å². The molecule has 1 aromatic rings. The number of carboxylic acids is 2. The lowest BCUT2D eigenvalue weighted by atomic mass is 9.97. The van der Waals surface area contributed by atoms with E-state index in [-0.39, 0.29) is 12.2 Å². The summed E-state index contributed by atoms with van der Waals surface area (Å²) >= 11 is 0. The van der Waals surface area contributed by atoms with Gasteiger partial charge in [-0.05, 0) is 23.6 Å². The van der Waals surface area contributed by atoms with Crippen molar-refractivity contribution in [1.82, 2.24) is 21.3 Å². The molecule has 0 saturated heterocycles. The van der Waals surface area contributed by atoms with Crippen molar-refractivity contribution in [1.29, 1.82) is 0 Å². The maximum Gasteiger partial charge on any atom is 0.326 e. The van der Waals surface area contributed by atoms with E-state index in [2.05, 4.69) is 21.3 Å². The van der Waals surface area contributed by atoms with Crippen LogP contribution in [0.25, 0.3) is 0 Å². The molecule has 17 heteroatoms. The third-order valence-electron chi connectivity index (χ3n) is 6.37. The normalized spacial score (nSPS) is 15.0. The van der Waals surface area contributed by atoms with Gasteiger partial charge in [-0.25, -0.2) is 4.79 Å². The lowest BCUT2D eigenvalue weighted by Crippen LogP contribution is -2.60. The minimum atomic E-state index is -1.71. The van der Waals surface area contributed by atoms with E-state index < -0.39 is 97.1 Å². The summed E-state index contributed by atoms with van der Waals surface area (Å²) in [6.45, 7) is 2.28. The molecule has 0 aromatic heterocycles. The fraction of sp³-hybridized carbons (Fsp3) is 0.500. The highest BCUT2D eigenvalue weighted by atomic mass is 16.4. The van der Waals surface area contributed by atoms with Gasteiger partial charge >= 0.3 is 11.9 Å². The molecule has 0 radical (unpaired) electrons.